The minimum atomic E-state index is 0.457. The first kappa shape index (κ1) is 20.1. The van der Waals surface area contributed by atoms with E-state index in [-0.39, 0.29) is 0 Å². The second kappa shape index (κ2) is 10.0. The van der Waals surface area contributed by atoms with Crippen LogP contribution in [0.4, 0.5) is 0 Å². The van der Waals surface area contributed by atoms with Crippen LogP contribution in [0.1, 0.15) is 16.7 Å². The Hall–Kier alpha value is -2.69. The van der Waals surface area contributed by atoms with Gasteiger partial charge in [-0.05, 0) is 41.5 Å². The van der Waals surface area contributed by atoms with Gasteiger partial charge in [0.25, 0.3) is 0 Å². The fraction of sp³-hybridized carbons (Fsp3) is 0.217. The Morgan fingerprint density at radius 1 is 0.750 bits per heavy atom. The molecule has 0 saturated carbocycles. The predicted octanol–water partition coefficient (Wildman–Crippen LogP) is 5.23. The summed E-state index contributed by atoms with van der Waals surface area (Å²) in [5.74, 6) is 2.31. The normalized spacial score (nSPS) is 10.5. The van der Waals surface area contributed by atoms with E-state index >= 15 is 0 Å². The van der Waals surface area contributed by atoms with Crippen molar-refractivity contribution < 1.29 is 14.2 Å². The number of methoxy groups -OCH3 is 2. The van der Waals surface area contributed by atoms with Crippen LogP contribution in [0.25, 0.3) is 0 Å². The molecule has 3 rings (SSSR count). The lowest BCUT2D eigenvalue weighted by atomic mass is 10.1. The molecule has 0 saturated heterocycles. The standard InChI is InChI=1S/C23H24ClNO3/c1-26-21-6-4-3-5-19(21)15-25-14-18-9-12-22(23(13-18)27-2)28-16-17-7-10-20(24)11-8-17/h3-13,25H,14-16H2,1-2H3. The van der Waals surface area contributed by atoms with Gasteiger partial charge in [0.1, 0.15) is 12.4 Å². The lowest BCUT2D eigenvalue weighted by Crippen LogP contribution is -2.13. The summed E-state index contributed by atoms with van der Waals surface area (Å²) in [6.45, 7) is 1.89. The highest BCUT2D eigenvalue weighted by Crippen LogP contribution is 2.29. The molecule has 3 aromatic rings. The van der Waals surface area contributed by atoms with Crippen LogP contribution in [0.15, 0.2) is 66.7 Å². The van der Waals surface area contributed by atoms with E-state index in [1.807, 2.05) is 60.7 Å². The molecule has 0 radical (unpaired) electrons. The molecule has 0 amide bonds. The van der Waals surface area contributed by atoms with E-state index < -0.39 is 0 Å². The van der Waals surface area contributed by atoms with Gasteiger partial charge in [-0.15, -0.1) is 0 Å². The second-order valence-corrected chi connectivity index (χ2v) is 6.75. The van der Waals surface area contributed by atoms with Crippen LogP contribution < -0.4 is 19.5 Å². The summed E-state index contributed by atoms with van der Waals surface area (Å²) in [4.78, 5) is 0. The summed E-state index contributed by atoms with van der Waals surface area (Å²) in [6, 6.07) is 21.6. The number of ether oxygens (including phenoxy) is 3. The highest BCUT2D eigenvalue weighted by Gasteiger charge is 2.07. The zero-order valence-corrected chi connectivity index (χ0v) is 16.8. The van der Waals surface area contributed by atoms with Crippen molar-refractivity contribution in [1.29, 1.82) is 0 Å². The van der Waals surface area contributed by atoms with E-state index in [0.717, 1.165) is 29.0 Å². The molecule has 146 valence electrons. The van der Waals surface area contributed by atoms with Crippen molar-refractivity contribution in [3.8, 4) is 17.2 Å². The van der Waals surface area contributed by atoms with Gasteiger partial charge in [0.05, 0.1) is 14.2 Å². The summed E-state index contributed by atoms with van der Waals surface area (Å²) < 4.78 is 16.8. The van der Waals surface area contributed by atoms with E-state index in [1.54, 1.807) is 14.2 Å². The molecule has 5 heteroatoms. The van der Waals surface area contributed by atoms with Crippen LogP contribution in [0.5, 0.6) is 17.2 Å². The smallest absolute Gasteiger partial charge is 0.161 e. The molecular weight excluding hydrogens is 374 g/mol. The predicted molar refractivity (Wildman–Crippen MR) is 112 cm³/mol. The Kier molecular flexibility index (Phi) is 7.18. The summed E-state index contributed by atoms with van der Waals surface area (Å²) in [6.07, 6.45) is 0. The van der Waals surface area contributed by atoms with Gasteiger partial charge in [-0.2, -0.15) is 0 Å². The topological polar surface area (TPSA) is 39.7 Å². The SMILES string of the molecule is COc1ccccc1CNCc1ccc(OCc2ccc(Cl)cc2)c(OC)c1. The molecule has 0 fully saturated rings. The Labute approximate surface area is 171 Å². The van der Waals surface area contributed by atoms with Gasteiger partial charge < -0.3 is 19.5 Å². The second-order valence-electron chi connectivity index (χ2n) is 6.32. The molecule has 1 N–H and O–H groups in total. The molecule has 4 nitrogen and oxygen atoms in total. The molecule has 0 bridgehead atoms. The quantitative estimate of drug-likeness (QED) is 0.537. The molecule has 0 aliphatic heterocycles. The third-order valence-electron chi connectivity index (χ3n) is 4.37. The van der Waals surface area contributed by atoms with Crippen molar-refractivity contribution in [2.24, 2.45) is 0 Å². The van der Waals surface area contributed by atoms with Crippen molar-refractivity contribution in [3.05, 3.63) is 88.4 Å². The van der Waals surface area contributed by atoms with Gasteiger partial charge in [-0.3, -0.25) is 0 Å². The number of benzene rings is 3. The molecule has 0 aromatic heterocycles. The van der Waals surface area contributed by atoms with Gasteiger partial charge in [0, 0.05) is 23.7 Å². The molecule has 0 aliphatic carbocycles. The zero-order valence-electron chi connectivity index (χ0n) is 16.1. The lowest BCUT2D eigenvalue weighted by Gasteiger charge is -2.13. The Bertz CT molecular complexity index is 897. The molecule has 3 aromatic carbocycles. The van der Waals surface area contributed by atoms with Gasteiger partial charge >= 0.3 is 0 Å². The Morgan fingerprint density at radius 3 is 2.21 bits per heavy atom. The van der Waals surface area contributed by atoms with Gasteiger partial charge in [-0.25, -0.2) is 0 Å². The van der Waals surface area contributed by atoms with Gasteiger partial charge in [-0.1, -0.05) is 48.0 Å². The Morgan fingerprint density at radius 2 is 1.46 bits per heavy atom. The van der Waals surface area contributed by atoms with E-state index in [1.165, 1.54) is 0 Å². The average Bonchev–Trinajstić information content (AvgIpc) is 2.74. The largest absolute Gasteiger partial charge is 0.496 e. The first-order valence-electron chi connectivity index (χ1n) is 9.06. The molecule has 0 atom stereocenters. The van der Waals surface area contributed by atoms with Crippen LogP contribution in [-0.4, -0.2) is 14.2 Å². The number of para-hydroxylation sites is 1. The van der Waals surface area contributed by atoms with Crippen molar-refractivity contribution >= 4 is 11.6 Å². The summed E-state index contributed by atoms with van der Waals surface area (Å²) in [7, 11) is 3.34. The fourth-order valence-electron chi connectivity index (χ4n) is 2.87. The highest BCUT2D eigenvalue weighted by molar-refractivity contribution is 6.30. The van der Waals surface area contributed by atoms with Crippen molar-refractivity contribution in [2.45, 2.75) is 19.7 Å². The number of halogens is 1. The maximum absolute atomic E-state index is 5.92. The minimum absolute atomic E-state index is 0.457. The van der Waals surface area contributed by atoms with Gasteiger partial charge in [0.2, 0.25) is 0 Å². The molecule has 28 heavy (non-hydrogen) atoms. The molecule has 0 aliphatic rings. The van der Waals surface area contributed by atoms with Crippen molar-refractivity contribution in [2.75, 3.05) is 14.2 Å². The number of hydrogen-bond donors (Lipinski definition) is 1. The first-order chi connectivity index (χ1) is 13.7. The molecule has 0 unspecified atom stereocenters. The lowest BCUT2D eigenvalue weighted by molar-refractivity contribution is 0.284. The van der Waals surface area contributed by atoms with Crippen LogP contribution >= 0.6 is 11.6 Å². The zero-order chi connectivity index (χ0) is 19.8. The van der Waals surface area contributed by atoms with E-state index in [9.17, 15) is 0 Å². The average molecular weight is 398 g/mol. The molecule has 0 heterocycles. The third kappa shape index (κ3) is 5.41. The molecule has 0 spiro atoms. The Balaban J connectivity index is 1.58. The van der Waals surface area contributed by atoms with E-state index in [0.29, 0.717) is 29.7 Å². The van der Waals surface area contributed by atoms with E-state index in [2.05, 4.69) is 11.4 Å². The maximum Gasteiger partial charge on any atom is 0.161 e. The third-order valence-corrected chi connectivity index (χ3v) is 4.62. The monoisotopic (exact) mass is 397 g/mol. The van der Waals surface area contributed by atoms with Crippen LogP contribution in [0, 0.1) is 0 Å². The molecular formula is C23H24ClNO3. The number of hydrogen-bond acceptors (Lipinski definition) is 4. The van der Waals surface area contributed by atoms with E-state index in [4.69, 9.17) is 25.8 Å². The summed E-state index contributed by atoms with van der Waals surface area (Å²) >= 11 is 5.92. The highest BCUT2D eigenvalue weighted by atomic mass is 35.5. The first-order valence-corrected chi connectivity index (χ1v) is 9.44. The van der Waals surface area contributed by atoms with Crippen molar-refractivity contribution in [3.63, 3.8) is 0 Å². The fourth-order valence-corrected chi connectivity index (χ4v) is 3.00. The van der Waals surface area contributed by atoms with Crippen LogP contribution in [-0.2, 0) is 19.7 Å². The maximum atomic E-state index is 5.92. The number of rotatable bonds is 9. The number of nitrogens with one attached hydrogen (secondary N) is 1. The van der Waals surface area contributed by atoms with Gasteiger partial charge in [0.15, 0.2) is 11.5 Å². The van der Waals surface area contributed by atoms with Crippen molar-refractivity contribution in [1.82, 2.24) is 5.32 Å². The summed E-state index contributed by atoms with van der Waals surface area (Å²) in [5, 5.41) is 4.15. The summed E-state index contributed by atoms with van der Waals surface area (Å²) in [5.41, 5.74) is 3.29. The minimum Gasteiger partial charge on any atom is -0.496 e. The van der Waals surface area contributed by atoms with Crippen LogP contribution in [0.2, 0.25) is 5.02 Å². The van der Waals surface area contributed by atoms with Crippen LogP contribution in [0.3, 0.4) is 0 Å².